The van der Waals surface area contributed by atoms with Crippen molar-refractivity contribution in [1.82, 2.24) is 4.57 Å². The third kappa shape index (κ3) is 6.56. The van der Waals surface area contributed by atoms with E-state index in [0.717, 1.165) is 44.1 Å². The van der Waals surface area contributed by atoms with Gasteiger partial charge in [0.1, 0.15) is 5.82 Å². The minimum Gasteiger partial charge on any atom is -0.343 e. The smallest absolute Gasteiger partial charge is 0.128 e. The van der Waals surface area contributed by atoms with Crippen molar-refractivity contribution in [2.75, 3.05) is 0 Å². The number of hydrogen-bond donors (Lipinski definition) is 0. The molecule has 2 aromatic carbocycles. The van der Waals surface area contributed by atoms with Gasteiger partial charge in [0.25, 0.3) is 0 Å². The predicted molar refractivity (Wildman–Crippen MR) is 136 cm³/mol. The number of nitrogens with zero attached hydrogens (tertiary/aromatic N) is 1. The van der Waals surface area contributed by atoms with Crippen LogP contribution in [0.2, 0.25) is 0 Å². The lowest BCUT2D eigenvalue weighted by Gasteiger charge is -2.06. The maximum Gasteiger partial charge on any atom is 0.128 e. The Hall–Kier alpha value is -2.87. The number of fused-ring (bicyclic) bond motifs is 1. The van der Waals surface area contributed by atoms with Crippen molar-refractivity contribution in [3.8, 4) is 0 Å². The SMILES string of the molecule is C=C(C)CCCc1cn(Cc2ccccc2F)c2c1=CCCC=2.CCc1cccc(C)c1. The van der Waals surface area contributed by atoms with E-state index in [1.807, 2.05) is 12.1 Å². The maximum atomic E-state index is 14.0. The molecule has 1 aliphatic carbocycles. The zero-order valence-corrected chi connectivity index (χ0v) is 19.8. The molecule has 1 aromatic heterocycles. The predicted octanol–water partition coefficient (Wildman–Crippen LogP) is 6.49. The van der Waals surface area contributed by atoms with E-state index in [1.54, 1.807) is 6.07 Å². The lowest BCUT2D eigenvalue weighted by molar-refractivity contribution is 0.597. The van der Waals surface area contributed by atoms with Gasteiger partial charge in [-0.05, 0) is 74.8 Å². The van der Waals surface area contributed by atoms with Gasteiger partial charge in [0.2, 0.25) is 0 Å². The Labute approximate surface area is 192 Å². The van der Waals surface area contributed by atoms with Gasteiger partial charge < -0.3 is 4.57 Å². The van der Waals surface area contributed by atoms with Crippen LogP contribution in [0.3, 0.4) is 0 Å². The summed E-state index contributed by atoms with van der Waals surface area (Å²) in [7, 11) is 0. The molecule has 0 amide bonds. The zero-order valence-electron chi connectivity index (χ0n) is 19.8. The molecule has 0 aliphatic heterocycles. The molecule has 4 rings (SSSR count). The fourth-order valence-electron chi connectivity index (χ4n) is 4.21. The molecule has 32 heavy (non-hydrogen) atoms. The molecule has 1 aliphatic rings. The van der Waals surface area contributed by atoms with Gasteiger partial charge in [-0.1, -0.05) is 72.7 Å². The van der Waals surface area contributed by atoms with Crippen LogP contribution in [-0.2, 0) is 19.4 Å². The van der Waals surface area contributed by atoms with E-state index in [-0.39, 0.29) is 5.82 Å². The molecule has 168 valence electrons. The second-order valence-electron chi connectivity index (χ2n) is 8.81. The first kappa shape index (κ1) is 23.8. The van der Waals surface area contributed by atoms with Crippen LogP contribution >= 0.6 is 0 Å². The van der Waals surface area contributed by atoms with E-state index in [4.69, 9.17) is 0 Å². The molecule has 0 fully saturated rings. The van der Waals surface area contributed by atoms with Crippen LogP contribution in [0.1, 0.15) is 61.8 Å². The molecular weight excluding hydrogens is 393 g/mol. The second-order valence-corrected chi connectivity index (χ2v) is 8.81. The summed E-state index contributed by atoms with van der Waals surface area (Å²) >= 11 is 0. The summed E-state index contributed by atoms with van der Waals surface area (Å²) in [6, 6.07) is 15.7. The molecule has 0 unspecified atom stereocenters. The van der Waals surface area contributed by atoms with Crippen molar-refractivity contribution < 1.29 is 4.39 Å². The van der Waals surface area contributed by atoms with Crippen LogP contribution in [0.4, 0.5) is 4.39 Å². The molecule has 0 N–H and O–H groups in total. The van der Waals surface area contributed by atoms with Crippen molar-refractivity contribution in [2.24, 2.45) is 0 Å². The maximum absolute atomic E-state index is 14.0. The average molecular weight is 430 g/mol. The van der Waals surface area contributed by atoms with Crippen molar-refractivity contribution in [1.29, 1.82) is 0 Å². The first-order valence-electron chi connectivity index (χ1n) is 11.8. The summed E-state index contributed by atoms with van der Waals surface area (Å²) in [5, 5.41) is 2.61. The minimum atomic E-state index is -0.126. The van der Waals surface area contributed by atoms with Crippen molar-refractivity contribution >= 4 is 12.2 Å². The Morgan fingerprint density at radius 3 is 2.50 bits per heavy atom. The Morgan fingerprint density at radius 2 is 1.81 bits per heavy atom. The van der Waals surface area contributed by atoms with Crippen LogP contribution < -0.4 is 10.6 Å². The molecular formula is C30H36FN. The number of rotatable bonds is 7. The van der Waals surface area contributed by atoms with Gasteiger partial charge in [-0.2, -0.15) is 0 Å². The standard InChI is InChI=1S/C21H24FN.C9H12/c1-16(2)8-7-10-17-14-23(21-13-6-4-11-19(17)21)15-18-9-3-5-12-20(18)22;1-3-9-6-4-5-8(2)7-9/h3,5,9,11-14H,1,4,6-8,10,15H2,2H3;4-7H,3H2,1-2H3. The van der Waals surface area contributed by atoms with E-state index in [2.05, 4.69) is 74.5 Å². The molecule has 0 radical (unpaired) electrons. The number of allylic oxidation sites excluding steroid dienone is 1. The first-order chi connectivity index (χ1) is 15.5. The third-order valence-electron chi connectivity index (χ3n) is 5.93. The summed E-state index contributed by atoms with van der Waals surface area (Å²) in [6.45, 7) is 11.0. The number of aryl methyl sites for hydroxylation is 3. The number of aromatic nitrogens is 1. The van der Waals surface area contributed by atoms with E-state index >= 15 is 0 Å². The largest absolute Gasteiger partial charge is 0.343 e. The van der Waals surface area contributed by atoms with Gasteiger partial charge in [0.05, 0.1) is 6.54 Å². The quantitative estimate of drug-likeness (QED) is 0.379. The Balaban J connectivity index is 0.000000269. The van der Waals surface area contributed by atoms with Crippen LogP contribution in [0.25, 0.3) is 12.2 Å². The van der Waals surface area contributed by atoms with Crippen LogP contribution in [0.5, 0.6) is 0 Å². The highest BCUT2D eigenvalue weighted by Crippen LogP contribution is 2.11. The van der Waals surface area contributed by atoms with E-state index < -0.39 is 0 Å². The van der Waals surface area contributed by atoms with Gasteiger partial charge in [-0.15, -0.1) is 6.58 Å². The number of hydrogen-bond acceptors (Lipinski definition) is 0. The van der Waals surface area contributed by atoms with E-state index in [1.165, 1.54) is 38.9 Å². The van der Waals surface area contributed by atoms with Gasteiger partial charge in [-0.25, -0.2) is 4.39 Å². The average Bonchev–Trinajstić information content (AvgIpc) is 3.13. The topological polar surface area (TPSA) is 4.93 Å². The van der Waals surface area contributed by atoms with Crippen molar-refractivity contribution in [3.63, 3.8) is 0 Å². The zero-order chi connectivity index (χ0) is 22.9. The Bertz CT molecular complexity index is 1170. The van der Waals surface area contributed by atoms with E-state index in [9.17, 15) is 4.39 Å². The van der Waals surface area contributed by atoms with E-state index in [0.29, 0.717) is 6.54 Å². The van der Waals surface area contributed by atoms with Crippen LogP contribution in [-0.4, -0.2) is 4.57 Å². The van der Waals surface area contributed by atoms with Crippen LogP contribution in [0, 0.1) is 12.7 Å². The normalized spacial score (nSPS) is 12.1. The fraction of sp³-hybridized carbons (Fsp3) is 0.333. The third-order valence-corrected chi connectivity index (χ3v) is 5.93. The van der Waals surface area contributed by atoms with Gasteiger partial charge >= 0.3 is 0 Å². The lowest BCUT2D eigenvalue weighted by Crippen LogP contribution is -2.32. The Morgan fingerprint density at radius 1 is 1.03 bits per heavy atom. The van der Waals surface area contributed by atoms with Gasteiger partial charge in [0, 0.05) is 17.1 Å². The van der Waals surface area contributed by atoms with Gasteiger partial charge in [-0.3, -0.25) is 0 Å². The highest BCUT2D eigenvalue weighted by Gasteiger charge is 2.09. The molecule has 2 heteroatoms. The summed E-state index contributed by atoms with van der Waals surface area (Å²) < 4.78 is 16.2. The lowest BCUT2D eigenvalue weighted by atomic mass is 10.0. The Kier molecular flexibility index (Phi) is 8.67. The summed E-state index contributed by atoms with van der Waals surface area (Å²) in [5.41, 5.74) is 6.15. The molecule has 3 aromatic rings. The monoisotopic (exact) mass is 429 g/mol. The summed E-state index contributed by atoms with van der Waals surface area (Å²) in [6.07, 6.45) is 13.4. The molecule has 0 saturated carbocycles. The van der Waals surface area contributed by atoms with Gasteiger partial charge in [0.15, 0.2) is 0 Å². The molecule has 0 spiro atoms. The molecule has 0 bridgehead atoms. The minimum absolute atomic E-state index is 0.126. The number of benzene rings is 2. The summed E-state index contributed by atoms with van der Waals surface area (Å²) in [5.74, 6) is -0.126. The molecule has 1 nitrogen and oxygen atoms in total. The fourth-order valence-corrected chi connectivity index (χ4v) is 4.21. The number of halogens is 1. The highest BCUT2D eigenvalue weighted by atomic mass is 19.1. The first-order valence-corrected chi connectivity index (χ1v) is 11.8. The van der Waals surface area contributed by atoms with Crippen LogP contribution in [0.15, 0.2) is 66.9 Å². The van der Waals surface area contributed by atoms with Crippen molar-refractivity contribution in [2.45, 2.75) is 65.8 Å². The summed E-state index contributed by atoms with van der Waals surface area (Å²) in [4.78, 5) is 0. The molecule has 0 atom stereocenters. The molecule has 0 saturated heterocycles. The highest BCUT2D eigenvalue weighted by molar-refractivity contribution is 5.40. The molecule has 1 heterocycles. The second kappa shape index (κ2) is 11.7. The van der Waals surface area contributed by atoms with Crippen molar-refractivity contribution in [3.05, 3.63) is 106 Å².